The number of nitrogens with zero attached hydrogens (tertiary/aromatic N) is 4. The predicted octanol–water partition coefficient (Wildman–Crippen LogP) is 3.84. The number of benzene rings is 2. The van der Waals surface area contributed by atoms with E-state index in [1.807, 2.05) is 24.3 Å². The minimum absolute atomic E-state index is 0.130. The quantitative estimate of drug-likeness (QED) is 0.190. The highest BCUT2D eigenvalue weighted by atomic mass is 16.5. The maximum Gasteiger partial charge on any atom is 0.357 e. The maximum absolute atomic E-state index is 12.3. The Morgan fingerprint density at radius 3 is 2.11 bits per heavy atom. The van der Waals surface area contributed by atoms with Gasteiger partial charge in [0.05, 0.1) is 31.7 Å². The summed E-state index contributed by atoms with van der Waals surface area (Å²) >= 11 is 0. The van der Waals surface area contributed by atoms with Crippen molar-refractivity contribution in [3.8, 4) is 0 Å². The van der Waals surface area contributed by atoms with Crippen molar-refractivity contribution in [3.05, 3.63) is 72.4 Å². The number of esters is 2. The largest absolute Gasteiger partial charge is 0.466 e. The molecule has 0 unspecified atom stereocenters. The normalized spacial score (nSPS) is 12.0. The van der Waals surface area contributed by atoms with Crippen LogP contribution in [0.1, 0.15) is 6.92 Å². The lowest BCUT2D eigenvalue weighted by Crippen LogP contribution is -2.25. The molecule has 28 heavy (non-hydrogen) atoms. The van der Waals surface area contributed by atoms with Gasteiger partial charge < -0.3 is 9.47 Å². The number of azo groups is 1. The van der Waals surface area contributed by atoms with Gasteiger partial charge in [0, 0.05) is 0 Å². The number of anilines is 1. The van der Waals surface area contributed by atoms with Gasteiger partial charge in [-0.25, -0.2) is 14.6 Å². The summed E-state index contributed by atoms with van der Waals surface area (Å²) in [4.78, 5) is 24.0. The van der Waals surface area contributed by atoms with Crippen molar-refractivity contribution < 1.29 is 19.1 Å². The van der Waals surface area contributed by atoms with Crippen LogP contribution < -0.4 is 5.01 Å². The van der Waals surface area contributed by atoms with E-state index in [0.717, 1.165) is 6.08 Å². The summed E-state index contributed by atoms with van der Waals surface area (Å²) in [5.74, 6) is -1.22. The molecular formula is C20H20N4O4. The van der Waals surface area contributed by atoms with Crippen LogP contribution in [0.5, 0.6) is 0 Å². The van der Waals surface area contributed by atoms with Crippen molar-refractivity contribution in [2.45, 2.75) is 6.92 Å². The highest BCUT2D eigenvalue weighted by Gasteiger charge is 2.22. The number of hydrogen-bond acceptors (Lipinski definition) is 7. The summed E-state index contributed by atoms with van der Waals surface area (Å²) in [6.45, 7) is 1.62. The number of hydrogen-bond donors (Lipinski definition) is 0. The molecule has 0 amide bonds. The average Bonchev–Trinajstić information content (AvgIpc) is 2.75. The Kier molecular flexibility index (Phi) is 7.59. The van der Waals surface area contributed by atoms with Crippen molar-refractivity contribution in [1.82, 2.24) is 0 Å². The molecule has 144 valence electrons. The number of amidine groups is 1. The molecule has 2 aromatic carbocycles. The molecule has 2 rings (SSSR count). The molecule has 0 fully saturated rings. The molecule has 0 spiro atoms. The molecule has 8 heteroatoms. The monoisotopic (exact) mass is 380 g/mol. The fourth-order valence-corrected chi connectivity index (χ4v) is 2.09. The Morgan fingerprint density at radius 1 is 0.929 bits per heavy atom. The van der Waals surface area contributed by atoms with Gasteiger partial charge in [0.2, 0.25) is 0 Å². The van der Waals surface area contributed by atoms with Crippen LogP contribution in [0.25, 0.3) is 0 Å². The zero-order valence-electron chi connectivity index (χ0n) is 15.8. The SMILES string of the molecule is COC(=O)C=C(C(=O)OC)N(N=C(C)N=Nc1ccccc1)c1ccccc1. The van der Waals surface area contributed by atoms with Crippen LogP contribution in [0.2, 0.25) is 0 Å². The van der Waals surface area contributed by atoms with Crippen molar-refractivity contribution in [1.29, 1.82) is 0 Å². The molecule has 0 saturated carbocycles. The van der Waals surface area contributed by atoms with Crippen LogP contribution >= 0.6 is 0 Å². The topological polar surface area (TPSA) is 92.9 Å². The second-order valence-electron chi connectivity index (χ2n) is 5.37. The Labute approximate surface area is 162 Å². The van der Waals surface area contributed by atoms with Crippen LogP contribution in [0.4, 0.5) is 11.4 Å². The molecule has 0 saturated heterocycles. The van der Waals surface area contributed by atoms with E-state index in [2.05, 4.69) is 20.1 Å². The molecule has 0 aromatic heterocycles. The van der Waals surface area contributed by atoms with Crippen LogP contribution in [0, 0.1) is 0 Å². The van der Waals surface area contributed by atoms with Gasteiger partial charge in [-0.2, -0.15) is 5.10 Å². The van der Waals surface area contributed by atoms with Gasteiger partial charge in [0.1, 0.15) is 0 Å². The number of rotatable bonds is 6. The van der Waals surface area contributed by atoms with E-state index < -0.39 is 11.9 Å². The fraction of sp³-hybridized carbons (Fsp3) is 0.150. The van der Waals surface area contributed by atoms with E-state index in [9.17, 15) is 9.59 Å². The first-order chi connectivity index (χ1) is 13.5. The molecular weight excluding hydrogens is 360 g/mol. The molecule has 2 aromatic rings. The second-order valence-corrected chi connectivity index (χ2v) is 5.37. The van der Waals surface area contributed by atoms with Crippen molar-refractivity contribution in [2.75, 3.05) is 19.2 Å². The molecule has 0 atom stereocenters. The first kappa shape index (κ1) is 20.5. The number of ether oxygens (including phenoxy) is 2. The lowest BCUT2D eigenvalue weighted by atomic mass is 10.3. The van der Waals surface area contributed by atoms with E-state index >= 15 is 0 Å². The molecule has 0 bridgehead atoms. The van der Waals surface area contributed by atoms with E-state index in [4.69, 9.17) is 4.74 Å². The van der Waals surface area contributed by atoms with Crippen molar-refractivity contribution in [3.63, 3.8) is 0 Å². The Bertz CT molecular complexity index is 893. The number of hydrazone groups is 1. The van der Waals surface area contributed by atoms with Gasteiger partial charge in [-0.15, -0.1) is 10.2 Å². The van der Waals surface area contributed by atoms with Crippen LogP contribution in [0.15, 0.2) is 87.8 Å². The average molecular weight is 380 g/mol. The first-order valence-electron chi connectivity index (χ1n) is 8.30. The standard InChI is InChI=1S/C20H20N4O4/c1-15(21-22-16-10-6-4-7-11-16)23-24(17-12-8-5-9-13-17)18(20(26)28-3)14-19(25)27-2/h4-14H,1-3H3. The molecule has 0 N–H and O–H groups in total. The smallest absolute Gasteiger partial charge is 0.357 e. The zero-order valence-corrected chi connectivity index (χ0v) is 15.8. The summed E-state index contributed by atoms with van der Waals surface area (Å²) in [5, 5.41) is 13.7. The van der Waals surface area contributed by atoms with E-state index in [1.54, 1.807) is 43.3 Å². The third-order valence-corrected chi connectivity index (χ3v) is 3.39. The van der Waals surface area contributed by atoms with Crippen LogP contribution in [-0.2, 0) is 19.1 Å². The third-order valence-electron chi connectivity index (χ3n) is 3.39. The fourth-order valence-electron chi connectivity index (χ4n) is 2.09. The molecule has 0 aliphatic carbocycles. The summed E-state index contributed by atoms with van der Waals surface area (Å²) in [7, 11) is 2.42. The summed E-state index contributed by atoms with van der Waals surface area (Å²) in [5.41, 5.74) is 1.05. The van der Waals surface area contributed by atoms with Gasteiger partial charge in [0.25, 0.3) is 0 Å². The molecule has 0 aliphatic heterocycles. The lowest BCUT2D eigenvalue weighted by Gasteiger charge is -2.20. The van der Waals surface area contributed by atoms with Gasteiger partial charge in [-0.3, -0.25) is 0 Å². The molecule has 8 nitrogen and oxygen atoms in total. The molecule has 0 radical (unpaired) electrons. The Balaban J connectivity index is 2.46. The number of methoxy groups -OCH3 is 2. The molecule has 0 heterocycles. The van der Waals surface area contributed by atoms with Gasteiger partial charge in [-0.1, -0.05) is 36.4 Å². The minimum Gasteiger partial charge on any atom is -0.466 e. The van der Waals surface area contributed by atoms with Gasteiger partial charge in [0.15, 0.2) is 11.5 Å². The van der Waals surface area contributed by atoms with E-state index in [1.165, 1.54) is 19.2 Å². The highest BCUT2D eigenvalue weighted by Crippen LogP contribution is 2.21. The van der Waals surface area contributed by atoms with E-state index in [-0.39, 0.29) is 11.5 Å². The Morgan fingerprint density at radius 2 is 1.54 bits per heavy atom. The second kappa shape index (κ2) is 10.4. The minimum atomic E-state index is -0.759. The predicted molar refractivity (Wildman–Crippen MR) is 105 cm³/mol. The number of para-hydroxylation sites is 1. The summed E-state index contributed by atoms with van der Waals surface area (Å²) in [6, 6.07) is 17.9. The van der Waals surface area contributed by atoms with Gasteiger partial charge >= 0.3 is 11.9 Å². The number of carbonyl (C=O) groups excluding carboxylic acids is 2. The number of carbonyl (C=O) groups is 2. The zero-order chi connectivity index (χ0) is 20.4. The summed E-state index contributed by atoms with van der Waals surface area (Å²) < 4.78 is 9.42. The lowest BCUT2D eigenvalue weighted by molar-refractivity contribution is -0.138. The highest BCUT2D eigenvalue weighted by molar-refractivity contribution is 5.99. The van der Waals surface area contributed by atoms with Crippen LogP contribution in [0.3, 0.4) is 0 Å². The molecule has 0 aliphatic rings. The third kappa shape index (κ3) is 5.87. The summed E-state index contributed by atoms with van der Waals surface area (Å²) in [6.07, 6.45) is 1.00. The van der Waals surface area contributed by atoms with Crippen molar-refractivity contribution in [2.24, 2.45) is 15.3 Å². The van der Waals surface area contributed by atoms with E-state index in [0.29, 0.717) is 11.4 Å². The Hall–Kier alpha value is -3.81. The maximum atomic E-state index is 12.3. The van der Waals surface area contributed by atoms with Crippen molar-refractivity contribution >= 4 is 29.1 Å². The van der Waals surface area contributed by atoms with Gasteiger partial charge in [-0.05, 0) is 31.2 Å². The van der Waals surface area contributed by atoms with Crippen LogP contribution in [-0.4, -0.2) is 32.0 Å². The first-order valence-corrected chi connectivity index (χ1v) is 8.30.